The number of aromatic nitrogens is 2. The van der Waals surface area contributed by atoms with Crippen LogP contribution < -0.4 is 10.1 Å². The van der Waals surface area contributed by atoms with Crippen molar-refractivity contribution in [1.82, 2.24) is 10.2 Å². The first-order valence-electron chi connectivity index (χ1n) is 5.55. The minimum absolute atomic E-state index is 0.597. The van der Waals surface area contributed by atoms with Gasteiger partial charge in [-0.15, -0.1) is 5.10 Å². The summed E-state index contributed by atoms with van der Waals surface area (Å²) in [5.41, 5.74) is 1.09. The highest BCUT2D eigenvalue weighted by atomic mass is 16.5. The zero-order valence-corrected chi connectivity index (χ0v) is 9.76. The molecular formula is C13H15N3O. The summed E-state index contributed by atoms with van der Waals surface area (Å²) in [6, 6.07) is 11.7. The third-order valence-corrected chi connectivity index (χ3v) is 2.21. The van der Waals surface area contributed by atoms with Crippen molar-refractivity contribution in [3.8, 4) is 5.75 Å². The topological polar surface area (TPSA) is 47.0 Å². The molecular weight excluding hydrogens is 214 g/mol. The quantitative estimate of drug-likeness (QED) is 0.799. The number of nitrogens with zero attached hydrogens (tertiary/aromatic N) is 2. The third kappa shape index (κ3) is 3.75. The predicted molar refractivity (Wildman–Crippen MR) is 67.2 cm³/mol. The van der Waals surface area contributed by atoms with Gasteiger partial charge in [-0.05, 0) is 30.7 Å². The third-order valence-electron chi connectivity index (χ3n) is 2.21. The van der Waals surface area contributed by atoms with Gasteiger partial charge in [-0.3, -0.25) is 0 Å². The van der Waals surface area contributed by atoms with Crippen LogP contribution in [0.5, 0.6) is 5.75 Å². The Labute approximate surface area is 101 Å². The second-order valence-electron chi connectivity index (χ2n) is 3.71. The van der Waals surface area contributed by atoms with Crippen molar-refractivity contribution in [3.63, 3.8) is 0 Å². The molecule has 0 amide bonds. The van der Waals surface area contributed by atoms with E-state index >= 15 is 0 Å². The zero-order valence-electron chi connectivity index (χ0n) is 9.76. The zero-order chi connectivity index (χ0) is 11.9. The molecule has 0 aliphatic rings. The van der Waals surface area contributed by atoms with E-state index in [0.717, 1.165) is 17.1 Å². The summed E-state index contributed by atoms with van der Waals surface area (Å²) in [4.78, 5) is 0. The number of hydrogen-bond donors (Lipinski definition) is 1. The Morgan fingerprint density at radius 1 is 1.24 bits per heavy atom. The van der Waals surface area contributed by atoms with Crippen molar-refractivity contribution >= 4 is 5.82 Å². The lowest BCUT2D eigenvalue weighted by Gasteiger charge is -2.07. The lowest BCUT2D eigenvalue weighted by molar-refractivity contribution is 0.332. The van der Waals surface area contributed by atoms with Crippen LogP contribution >= 0.6 is 0 Å². The van der Waals surface area contributed by atoms with Gasteiger partial charge in [0.05, 0.1) is 12.7 Å². The molecule has 4 heteroatoms. The van der Waals surface area contributed by atoms with Crippen LogP contribution in [0, 0.1) is 6.92 Å². The molecule has 0 bridgehead atoms. The maximum Gasteiger partial charge on any atom is 0.149 e. The maximum atomic E-state index is 5.55. The molecule has 1 heterocycles. The molecule has 1 aromatic heterocycles. The molecule has 4 nitrogen and oxygen atoms in total. The fraction of sp³-hybridized carbons (Fsp3) is 0.231. The van der Waals surface area contributed by atoms with Gasteiger partial charge in [-0.1, -0.05) is 18.2 Å². The lowest BCUT2D eigenvalue weighted by atomic mass is 10.3. The van der Waals surface area contributed by atoms with Crippen molar-refractivity contribution < 1.29 is 4.74 Å². The number of anilines is 1. The summed E-state index contributed by atoms with van der Waals surface area (Å²) < 4.78 is 5.55. The van der Waals surface area contributed by atoms with Crippen LogP contribution in [0.1, 0.15) is 5.56 Å². The van der Waals surface area contributed by atoms with Gasteiger partial charge in [0, 0.05) is 0 Å². The van der Waals surface area contributed by atoms with Crippen molar-refractivity contribution in [3.05, 3.63) is 48.2 Å². The first-order valence-corrected chi connectivity index (χ1v) is 5.55. The number of ether oxygens (including phenoxy) is 1. The van der Waals surface area contributed by atoms with Crippen molar-refractivity contribution in [2.24, 2.45) is 0 Å². The average Bonchev–Trinajstić information content (AvgIpc) is 2.36. The van der Waals surface area contributed by atoms with Gasteiger partial charge < -0.3 is 10.1 Å². The molecule has 2 aromatic rings. The Morgan fingerprint density at radius 2 is 2.06 bits per heavy atom. The standard InChI is InChI=1S/C13H15N3O/c1-11-9-13(16-15-10-11)14-7-8-17-12-5-3-2-4-6-12/h2-6,9-10H,7-8H2,1H3,(H,14,16). The van der Waals surface area contributed by atoms with Crippen molar-refractivity contribution in [2.45, 2.75) is 6.92 Å². The number of benzene rings is 1. The molecule has 0 saturated carbocycles. The Morgan fingerprint density at radius 3 is 2.82 bits per heavy atom. The highest BCUT2D eigenvalue weighted by molar-refractivity contribution is 5.34. The second kappa shape index (κ2) is 5.84. The molecule has 0 saturated heterocycles. The van der Waals surface area contributed by atoms with E-state index in [1.807, 2.05) is 43.3 Å². The average molecular weight is 229 g/mol. The second-order valence-corrected chi connectivity index (χ2v) is 3.71. The number of rotatable bonds is 5. The van der Waals surface area contributed by atoms with Crippen molar-refractivity contribution in [2.75, 3.05) is 18.5 Å². The van der Waals surface area contributed by atoms with Crippen LogP contribution in [-0.4, -0.2) is 23.3 Å². The Balaban J connectivity index is 1.73. The Hall–Kier alpha value is -2.10. The Kier molecular flexibility index (Phi) is 3.91. The minimum atomic E-state index is 0.597. The first-order chi connectivity index (χ1) is 8.34. The van der Waals surface area contributed by atoms with Gasteiger partial charge in [0.1, 0.15) is 18.2 Å². The van der Waals surface area contributed by atoms with Gasteiger partial charge >= 0.3 is 0 Å². The normalized spacial score (nSPS) is 9.94. The summed E-state index contributed by atoms with van der Waals surface area (Å²) in [5.74, 6) is 1.66. The molecule has 17 heavy (non-hydrogen) atoms. The molecule has 0 aliphatic heterocycles. The smallest absolute Gasteiger partial charge is 0.149 e. The summed E-state index contributed by atoms with van der Waals surface area (Å²) >= 11 is 0. The fourth-order valence-corrected chi connectivity index (χ4v) is 1.42. The summed E-state index contributed by atoms with van der Waals surface area (Å²) in [5, 5.41) is 11.0. The molecule has 0 aliphatic carbocycles. The van der Waals surface area contributed by atoms with Crippen LogP contribution in [0.25, 0.3) is 0 Å². The van der Waals surface area contributed by atoms with Crippen LogP contribution in [0.2, 0.25) is 0 Å². The van der Waals surface area contributed by atoms with Crippen LogP contribution in [0.15, 0.2) is 42.6 Å². The van der Waals surface area contributed by atoms with Crippen LogP contribution in [0.3, 0.4) is 0 Å². The molecule has 1 aromatic carbocycles. The van der Waals surface area contributed by atoms with Gasteiger partial charge in [-0.25, -0.2) is 0 Å². The van der Waals surface area contributed by atoms with E-state index in [0.29, 0.717) is 13.2 Å². The van der Waals surface area contributed by atoms with Crippen LogP contribution in [-0.2, 0) is 0 Å². The van der Waals surface area contributed by atoms with E-state index in [1.54, 1.807) is 6.20 Å². The van der Waals surface area contributed by atoms with Crippen LogP contribution in [0.4, 0.5) is 5.82 Å². The first kappa shape index (κ1) is 11.4. The summed E-state index contributed by atoms with van der Waals surface area (Å²) in [7, 11) is 0. The van der Waals surface area contributed by atoms with E-state index < -0.39 is 0 Å². The molecule has 2 rings (SSSR count). The van der Waals surface area contributed by atoms with Gasteiger partial charge in [-0.2, -0.15) is 5.10 Å². The van der Waals surface area contributed by atoms with Crippen molar-refractivity contribution in [1.29, 1.82) is 0 Å². The van der Waals surface area contributed by atoms with E-state index in [-0.39, 0.29) is 0 Å². The number of para-hydroxylation sites is 1. The lowest BCUT2D eigenvalue weighted by Crippen LogP contribution is -2.12. The largest absolute Gasteiger partial charge is 0.492 e. The van der Waals surface area contributed by atoms with E-state index in [9.17, 15) is 0 Å². The molecule has 1 N–H and O–H groups in total. The van der Waals surface area contributed by atoms with E-state index in [1.165, 1.54) is 0 Å². The van der Waals surface area contributed by atoms with Gasteiger partial charge in [0.25, 0.3) is 0 Å². The number of aryl methyl sites for hydroxylation is 1. The van der Waals surface area contributed by atoms with E-state index in [2.05, 4.69) is 15.5 Å². The summed E-state index contributed by atoms with van der Waals surface area (Å²) in [6.07, 6.45) is 1.73. The molecule has 0 radical (unpaired) electrons. The number of hydrogen-bond acceptors (Lipinski definition) is 4. The predicted octanol–water partition coefficient (Wildman–Crippen LogP) is 2.28. The monoisotopic (exact) mass is 229 g/mol. The fourth-order valence-electron chi connectivity index (χ4n) is 1.42. The highest BCUT2D eigenvalue weighted by Gasteiger charge is 1.95. The maximum absolute atomic E-state index is 5.55. The molecule has 0 atom stereocenters. The minimum Gasteiger partial charge on any atom is -0.492 e. The van der Waals surface area contributed by atoms with E-state index in [4.69, 9.17) is 4.74 Å². The number of nitrogens with one attached hydrogen (secondary N) is 1. The summed E-state index contributed by atoms with van der Waals surface area (Å²) in [6.45, 7) is 3.28. The molecule has 0 unspecified atom stereocenters. The SMILES string of the molecule is Cc1cnnc(NCCOc2ccccc2)c1. The molecule has 0 spiro atoms. The molecule has 88 valence electrons. The van der Waals surface area contributed by atoms with Gasteiger partial charge in [0.2, 0.25) is 0 Å². The highest BCUT2D eigenvalue weighted by Crippen LogP contribution is 2.08. The molecule has 0 fully saturated rings. The Bertz CT molecular complexity index is 459. The van der Waals surface area contributed by atoms with Gasteiger partial charge in [0.15, 0.2) is 0 Å².